The first kappa shape index (κ1) is 35.2. The van der Waals surface area contributed by atoms with E-state index in [0.717, 1.165) is 13.1 Å². The summed E-state index contributed by atoms with van der Waals surface area (Å²) in [7, 11) is -3.14. The molecule has 0 aromatic rings. The minimum Gasteiger partial charge on any atom is -0.317 e. The van der Waals surface area contributed by atoms with Gasteiger partial charge in [-0.25, -0.2) is 37.3 Å². The summed E-state index contributed by atoms with van der Waals surface area (Å²) < 4.78 is 67.9. The predicted molar refractivity (Wildman–Crippen MR) is 83.8 cm³/mol. The van der Waals surface area contributed by atoms with Crippen molar-refractivity contribution in [2.75, 3.05) is 73.5 Å². The normalized spacial score (nSPS) is 20.1. The molecule has 15 heteroatoms. The molecule has 0 aromatic heterocycles. The molecule has 0 bridgehead atoms. The maximum Gasteiger partial charge on any atom is 2.00 e. The quantitative estimate of drug-likeness (QED) is 0.291. The van der Waals surface area contributed by atoms with Crippen LogP contribution in [0.1, 0.15) is 25.7 Å². The SMILES string of the molecule is CN1CCCNCCCN(C)CCCN(C)CCC1.[Ni+2].[O-][Cl+3]([O-])([O-])[O-].[O-][Cl+3]([O-])([O-])[O-]. The van der Waals surface area contributed by atoms with E-state index in [1.54, 1.807) is 0 Å². The van der Waals surface area contributed by atoms with Crippen molar-refractivity contribution in [2.24, 2.45) is 0 Å². The Morgan fingerprint density at radius 3 is 0.933 bits per heavy atom. The second-order valence-corrected chi connectivity index (χ2v) is 8.34. The molecule has 0 radical (unpaired) electrons. The number of rotatable bonds is 0. The van der Waals surface area contributed by atoms with Crippen LogP contribution in [0.4, 0.5) is 0 Å². The first-order valence-electron chi connectivity index (χ1n) is 9.18. The van der Waals surface area contributed by atoms with Gasteiger partial charge in [0.05, 0.1) is 0 Å². The van der Waals surface area contributed by atoms with Crippen molar-refractivity contribution in [1.82, 2.24) is 20.0 Å². The fourth-order valence-corrected chi connectivity index (χ4v) is 2.63. The van der Waals surface area contributed by atoms with E-state index in [-0.39, 0.29) is 16.5 Å². The van der Waals surface area contributed by atoms with Crippen molar-refractivity contribution >= 4 is 0 Å². The van der Waals surface area contributed by atoms with E-state index in [9.17, 15) is 0 Å². The predicted octanol–water partition coefficient (Wildman–Crippen LogP) is -8.57. The molecule has 0 saturated carbocycles. The van der Waals surface area contributed by atoms with Gasteiger partial charge in [0.2, 0.25) is 0 Å². The van der Waals surface area contributed by atoms with E-state index in [1.165, 1.54) is 65.0 Å². The molecular formula is C15H34Cl2N4NiO8. The molecule has 0 aliphatic carbocycles. The van der Waals surface area contributed by atoms with Crippen LogP contribution in [0.5, 0.6) is 0 Å². The molecule has 1 fully saturated rings. The monoisotopic (exact) mass is 526 g/mol. The molecule has 1 saturated heterocycles. The molecule has 12 nitrogen and oxygen atoms in total. The second-order valence-electron chi connectivity index (χ2n) is 6.83. The molecule has 1 rings (SSSR count). The molecule has 0 spiro atoms. The maximum atomic E-state index is 8.49. The Hall–Kier alpha value is 0.594. The minimum absolute atomic E-state index is 0. The first-order valence-corrected chi connectivity index (χ1v) is 11.6. The molecule has 0 aromatic carbocycles. The van der Waals surface area contributed by atoms with Crippen LogP contribution < -0.4 is 42.6 Å². The van der Waals surface area contributed by atoms with Crippen molar-refractivity contribution in [1.29, 1.82) is 0 Å². The zero-order valence-corrected chi connectivity index (χ0v) is 20.2. The fourth-order valence-electron chi connectivity index (χ4n) is 2.63. The van der Waals surface area contributed by atoms with Crippen LogP contribution in [-0.2, 0) is 16.5 Å². The van der Waals surface area contributed by atoms with Gasteiger partial charge in [0.25, 0.3) is 0 Å². The molecule has 1 heterocycles. The number of nitrogens with zero attached hydrogens (tertiary/aromatic N) is 3. The van der Waals surface area contributed by atoms with E-state index < -0.39 is 20.5 Å². The summed E-state index contributed by atoms with van der Waals surface area (Å²) >= 11 is 0. The first-order chi connectivity index (χ1) is 13.2. The summed E-state index contributed by atoms with van der Waals surface area (Å²) in [5, 5.41) is 3.55. The van der Waals surface area contributed by atoms with Crippen LogP contribution in [-0.4, -0.2) is 88.2 Å². The van der Waals surface area contributed by atoms with Gasteiger partial charge in [0, 0.05) is 0 Å². The average molecular weight is 528 g/mol. The van der Waals surface area contributed by atoms with Gasteiger partial charge >= 0.3 is 16.5 Å². The third-order valence-electron chi connectivity index (χ3n) is 3.95. The van der Waals surface area contributed by atoms with E-state index in [4.69, 9.17) is 37.3 Å². The smallest absolute Gasteiger partial charge is 0.317 e. The van der Waals surface area contributed by atoms with E-state index in [0.29, 0.717) is 0 Å². The Balaban J connectivity index is -0.000000553. The summed E-state index contributed by atoms with van der Waals surface area (Å²) in [6.07, 6.45) is 5.11. The summed E-state index contributed by atoms with van der Waals surface area (Å²) in [6, 6.07) is 0. The number of nitrogens with one attached hydrogen (secondary N) is 1. The van der Waals surface area contributed by atoms with Gasteiger partial charge in [0.1, 0.15) is 0 Å². The van der Waals surface area contributed by atoms with Crippen LogP contribution in [0, 0.1) is 20.5 Å². The van der Waals surface area contributed by atoms with Crippen molar-refractivity contribution in [3.63, 3.8) is 0 Å². The molecule has 30 heavy (non-hydrogen) atoms. The van der Waals surface area contributed by atoms with Crippen molar-refractivity contribution in [2.45, 2.75) is 25.7 Å². The van der Waals surface area contributed by atoms with Gasteiger partial charge in [-0.15, -0.1) is 20.5 Å². The molecule has 0 atom stereocenters. The van der Waals surface area contributed by atoms with Crippen LogP contribution in [0.2, 0.25) is 0 Å². The van der Waals surface area contributed by atoms with Crippen molar-refractivity contribution in [3.05, 3.63) is 0 Å². The minimum atomic E-state index is -4.94. The maximum absolute atomic E-state index is 8.49. The van der Waals surface area contributed by atoms with Gasteiger partial charge in [0.15, 0.2) is 0 Å². The van der Waals surface area contributed by atoms with Gasteiger partial charge in [-0.05, 0) is 99.2 Å². The van der Waals surface area contributed by atoms with Crippen LogP contribution in [0.25, 0.3) is 0 Å². The van der Waals surface area contributed by atoms with Crippen molar-refractivity contribution in [3.8, 4) is 0 Å². The standard InChI is InChI=1S/C15H34N4.2ClHO4.Ni/c1-17-10-4-8-16-9-5-11-18(2)13-7-15-19(3)14-6-12-17;2*2-1(3,4)5;/h16H,4-15H2,1-3H3;2*(H,2,3,4,5);/q;;;+2/p-2. The molecule has 0 amide bonds. The fraction of sp³-hybridized carbons (Fsp3) is 1.00. The van der Waals surface area contributed by atoms with Crippen LogP contribution in [0.3, 0.4) is 0 Å². The average Bonchev–Trinajstić information content (AvgIpc) is 2.50. The zero-order valence-electron chi connectivity index (χ0n) is 17.7. The Bertz CT molecular complexity index is 338. The number of halogens is 2. The summed E-state index contributed by atoms with van der Waals surface area (Å²) in [4.78, 5) is 7.42. The summed E-state index contributed by atoms with van der Waals surface area (Å²) in [5.74, 6) is 0. The van der Waals surface area contributed by atoms with Crippen LogP contribution in [0.15, 0.2) is 0 Å². The third kappa shape index (κ3) is 42.6. The van der Waals surface area contributed by atoms with Gasteiger partial charge in [-0.3, -0.25) is 0 Å². The molecular weight excluding hydrogens is 494 g/mol. The molecule has 1 aliphatic rings. The largest absolute Gasteiger partial charge is 2.00 e. The Morgan fingerprint density at radius 1 is 0.500 bits per heavy atom. The Morgan fingerprint density at radius 2 is 0.700 bits per heavy atom. The van der Waals surface area contributed by atoms with E-state index in [2.05, 4.69) is 41.2 Å². The van der Waals surface area contributed by atoms with Gasteiger partial charge < -0.3 is 20.0 Å². The third-order valence-corrected chi connectivity index (χ3v) is 3.95. The molecule has 1 N–H and O–H groups in total. The Kier molecular flexibility index (Phi) is 23.7. The zero-order chi connectivity index (χ0) is 22.9. The Labute approximate surface area is 193 Å². The topological polar surface area (TPSA) is 206 Å². The summed E-state index contributed by atoms with van der Waals surface area (Å²) in [6.45, 7) is 9.67. The molecule has 0 unspecified atom stereocenters. The van der Waals surface area contributed by atoms with Crippen LogP contribution >= 0.6 is 0 Å². The van der Waals surface area contributed by atoms with Gasteiger partial charge in [-0.2, -0.15) is 0 Å². The molecule has 186 valence electrons. The number of hydrogen-bond donors (Lipinski definition) is 1. The molecule has 1 aliphatic heterocycles. The van der Waals surface area contributed by atoms with Gasteiger partial charge in [-0.1, -0.05) is 0 Å². The van der Waals surface area contributed by atoms with E-state index >= 15 is 0 Å². The van der Waals surface area contributed by atoms with Crippen molar-refractivity contribution < 1.29 is 74.2 Å². The van der Waals surface area contributed by atoms with E-state index in [1.807, 2.05) is 0 Å². The number of hydrogen-bond acceptors (Lipinski definition) is 12. The summed E-state index contributed by atoms with van der Waals surface area (Å²) in [5.41, 5.74) is 0. The second kappa shape index (κ2) is 20.2.